The van der Waals surface area contributed by atoms with E-state index in [-0.39, 0.29) is 11.8 Å². The van der Waals surface area contributed by atoms with Crippen LogP contribution in [0, 0.1) is 5.92 Å². The van der Waals surface area contributed by atoms with E-state index in [1.165, 1.54) is 0 Å². The molecule has 1 fully saturated rings. The van der Waals surface area contributed by atoms with Gasteiger partial charge in [-0.2, -0.15) is 0 Å². The molecule has 23 heavy (non-hydrogen) atoms. The molecule has 1 aromatic carbocycles. The topological polar surface area (TPSA) is 59.2 Å². The maximum Gasteiger partial charge on any atom is 0.221 e. The van der Waals surface area contributed by atoms with Crippen LogP contribution in [0.15, 0.2) is 34.1 Å². The molecule has 0 aliphatic carbocycles. The summed E-state index contributed by atoms with van der Waals surface area (Å²) in [6.45, 7) is 3.72. The van der Waals surface area contributed by atoms with Gasteiger partial charge in [0.15, 0.2) is 0 Å². The Morgan fingerprint density at radius 1 is 1.39 bits per heavy atom. The number of carbonyl (C=O) groups excluding carboxylic acids is 1. The first-order valence-corrected chi connectivity index (χ1v) is 9.44. The molecule has 0 bridgehead atoms. The fourth-order valence-corrected chi connectivity index (χ4v) is 4.03. The van der Waals surface area contributed by atoms with Gasteiger partial charge in [0.2, 0.25) is 5.91 Å². The van der Waals surface area contributed by atoms with Crippen LogP contribution in [-0.4, -0.2) is 28.4 Å². The summed E-state index contributed by atoms with van der Waals surface area (Å²) >= 11 is 5.11. The lowest BCUT2D eigenvalue weighted by Gasteiger charge is -2.36. The van der Waals surface area contributed by atoms with Crippen molar-refractivity contribution in [1.82, 2.24) is 9.88 Å². The maximum absolute atomic E-state index is 11.5. The Bertz CT molecular complexity index is 685. The van der Waals surface area contributed by atoms with Crippen molar-refractivity contribution in [2.75, 3.05) is 6.54 Å². The van der Waals surface area contributed by atoms with Crippen molar-refractivity contribution in [3.05, 3.63) is 39.8 Å². The van der Waals surface area contributed by atoms with Crippen LogP contribution in [0.25, 0.3) is 10.6 Å². The Morgan fingerprint density at radius 2 is 2.13 bits per heavy atom. The predicted molar refractivity (Wildman–Crippen MR) is 97.0 cm³/mol. The number of amides is 1. The van der Waals surface area contributed by atoms with Crippen molar-refractivity contribution < 1.29 is 4.79 Å². The second-order valence-corrected chi connectivity index (χ2v) is 7.88. The fourth-order valence-electron chi connectivity index (χ4n) is 2.94. The molecular weight excluding hydrogens is 374 g/mol. The van der Waals surface area contributed by atoms with E-state index in [0.29, 0.717) is 6.04 Å². The summed E-state index contributed by atoms with van der Waals surface area (Å²) in [6, 6.07) is 8.66. The van der Waals surface area contributed by atoms with E-state index in [1.54, 1.807) is 11.3 Å². The van der Waals surface area contributed by atoms with Crippen LogP contribution in [0.5, 0.6) is 0 Å². The zero-order valence-electron chi connectivity index (χ0n) is 13.0. The minimum Gasteiger partial charge on any atom is -0.369 e. The number of hydrogen-bond acceptors (Lipinski definition) is 4. The second kappa shape index (κ2) is 7.11. The molecule has 1 saturated heterocycles. The quantitative estimate of drug-likeness (QED) is 0.861. The number of nitrogens with two attached hydrogens (primary N) is 1. The third-order valence-corrected chi connectivity index (χ3v) is 5.89. The Kier molecular flexibility index (Phi) is 5.14. The van der Waals surface area contributed by atoms with Crippen LogP contribution in [-0.2, 0) is 11.3 Å². The summed E-state index contributed by atoms with van der Waals surface area (Å²) in [5, 5.41) is 3.14. The van der Waals surface area contributed by atoms with Gasteiger partial charge in [0.1, 0.15) is 5.01 Å². The molecule has 2 N–H and O–H groups in total. The molecule has 0 unspecified atom stereocenters. The van der Waals surface area contributed by atoms with Gasteiger partial charge in [-0.3, -0.25) is 9.69 Å². The van der Waals surface area contributed by atoms with Crippen molar-refractivity contribution in [2.45, 2.75) is 32.4 Å². The number of piperidine rings is 1. The highest BCUT2D eigenvalue weighted by Gasteiger charge is 2.28. The van der Waals surface area contributed by atoms with E-state index >= 15 is 0 Å². The molecule has 1 amide bonds. The monoisotopic (exact) mass is 393 g/mol. The smallest absolute Gasteiger partial charge is 0.221 e. The molecular formula is C17H20BrN3OS. The number of likely N-dealkylation sites (tertiary alicyclic amines) is 1. The molecule has 2 aromatic rings. The van der Waals surface area contributed by atoms with E-state index < -0.39 is 0 Å². The SMILES string of the molecule is C[C@@H]1CC[C@@H](C(N)=O)CN1Cc1csc(-c2ccc(Br)cc2)n1. The van der Waals surface area contributed by atoms with Gasteiger partial charge in [-0.15, -0.1) is 11.3 Å². The van der Waals surface area contributed by atoms with E-state index in [1.807, 2.05) is 12.1 Å². The molecule has 0 spiro atoms. The molecule has 1 aliphatic heterocycles. The number of nitrogens with zero attached hydrogens (tertiary/aromatic N) is 2. The average Bonchev–Trinajstić information content (AvgIpc) is 2.98. The summed E-state index contributed by atoms with van der Waals surface area (Å²) in [5.74, 6) is -0.216. The standard InChI is InChI=1S/C17H20BrN3OS/c1-11-2-3-13(16(19)22)8-21(11)9-15-10-23-17(20-15)12-4-6-14(18)7-5-12/h4-7,10-11,13H,2-3,8-9H2,1H3,(H2,19,22)/t11-,13-/m1/s1. The summed E-state index contributed by atoms with van der Waals surface area (Å²) in [5.41, 5.74) is 7.67. The van der Waals surface area contributed by atoms with Gasteiger partial charge in [-0.1, -0.05) is 28.1 Å². The van der Waals surface area contributed by atoms with Gasteiger partial charge in [0.25, 0.3) is 0 Å². The Morgan fingerprint density at radius 3 is 2.83 bits per heavy atom. The zero-order chi connectivity index (χ0) is 16.4. The average molecular weight is 394 g/mol. The van der Waals surface area contributed by atoms with Gasteiger partial charge in [-0.05, 0) is 31.9 Å². The molecule has 2 heterocycles. The molecule has 1 aromatic heterocycles. The minimum absolute atomic E-state index is 0.0317. The Balaban J connectivity index is 1.70. The third-order valence-electron chi connectivity index (χ3n) is 4.42. The molecule has 6 heteroatoms. The van der Waals surface area contributed by atoms with Gasteiger partial charge in [-0.25, -0.2) is 4.98 Å². The van der Waals surface area contributed by atoms with Crippen molar-refractivity contribution in [2.24, 2.45) is 11.7 Å². The van der Waals surface area contributed by atoms with Crippen LogP contribution in [0.2, 0.25) is 0 Å². The lowest BCUT2D eigenvalue weighted by Crippen LogP contribution is -2.45. The van der Waals surface area contributed by atoms with Crippen molar-refractivity contribution >= 4 is 33.2 Å². The number of primary amides is 1. The first-order chi connectivity index (χ1) is 11.0. The number of carbonyl (C=O) groups is 1. The first-order valence-electron chi connectivity index (χ1n) is 7.76. The number of halogens is 1. The molecule has 2 atom stereocenters. The molecule has 0 saturated carbocycles. The Labute approximate surface area is 148 Å². The van der Waals surface area contributed by atoms with Crippen LogP contribution in [0.1, 0.15) is 25.5 Å². The first kappa shape index (κ1) is 16.6. The largest absolute Gasteiger partial charge is 0.369 e. The highest BCUT2D eigenvalue weighted by molar-refractivity contribution is 9.10. The highest BCUT2D eigenvalue weighted by Crippen LogP contribution is 2.28. The fraction of sp³-hybridized carbons (Fsp3) is 0.412. The second-order valence-electron chi connectivity index (χ2n) is 6.11. The summed E-state index contributed by atoms with van der Waals surface area (Å²) < 4.78 is 1.07. The van der Waals surface area contributed by atoms with E-state index in [4.69, 9.17) is 10.7 Å². The normalized spacial score (nSPS) is 22.2. The minimum atomic E-state index is -0.185. The lowest BCUT2D eigenvalue weighted by molar-refractivity contribution is -0.124. The molecule has 1 aliphatic rings. The van der Waals surface area contributed by atoms with Crippen LogP contribution in [0.4, 0.5) is 0 Å². The summed E-state index contributed by atoms with van der Waals surface area (Å²) in [7, 11) is 0. The van der Waals surface area contributed by atoms with E-state index in [0.717, 1.165) is 46.7 Å². The number of benzene rings is 1. The molecule has 0 radical (unpaired) electrons. The van der Waals surface area contributed by atoms with Gasteiger partial charge in [0.05, 0.1) is 11.6 Å². The number of hydrogen-bond donors (Lipinski definition) is 1. The van der Waals surface area contributed by atoms with Gasteiger partial charge in [0, 0.05) is 34.5 Å². The zero-order valence-corrected chi connectivity index (χ0v) is 15.4. The van der Waals surface area contributed by atoms with Crippen molar-refractivity contribution in [3.8, 4) is 10.6 Å². The van der Waals surface area contributed by atoms with Crippen LogP contribution in [0.3, 0.4) is 0 Å². The predicted octanol–water partition coefficient (Wildman–Crippen LogP) is 3.66. The van der Waals surface area contributed by atoms with E-state index in [9.17, 15) is 4.79 Å². The molecule has 122 valence electrons. The van der Waals surface area contributed by atoms with Crippen molar-refractivity contribution in [1.29, 1.82) is 0 Å². The Hall–Kier alpha value is -1.24. The summed E-state index contributed by atoms with van der Waals surface area (Å²) in [6.07, 6.45) is 1.91. The van der Waals surface area contributed by atoms with E-state index in [2.05, 4.69) is 45.3 Å². The number of thiazole rings is 1. The van der Waals surface area contributed by atoms with Crippen LogP contribution >= 0.6 is 27.3 Å². The maximum atomic E-state index is 11.5. The summed E-state index contributed by atoms with van der Waals surface area (Å²) in [4.78, 5) is 18.5. The van der Waals surface area contributed by atoms with Crippen LogP contribution < -0.4 is 5.73 Å². The number of rotatable bonds is 4. The molecule has 3 rings (SSSR count). The van der Waals surface area contributed by atoms with Crippen molar-refractivity contribution in [3.63, 3.8) is 0 Å². The lowest BCUT2D eigenvalue weighted by atomic mass is 9.93. The van der Waals surface area contributed by atoms with Gasteiger partial charge >= 0.3 is 0 Å². The number of aromatic nitrogens is 1. The highest BCUT2D eigenvalue weighted by atomic mass is 79.9. The molecule has 4 nitrogen and oxygen atoms in total. The third kappa shape index (κ3) is 4.00. The van der Waals surface area contributed by atoms with Gasteiger partial charge < -0.3 is 5.73 Å².